The maximum atomic E-state index is 12.8. The second kappa shape index (κ2) is 8.04. The van der Waals surface area contributed by atoms with Gasteiger partial charge in [-0.1, -0.05) is 36.4 Å². The molecule has 0 atom stereocenters. The fourth-order valence-corrected chi connectivity index (χ4v) is 4.09. The summed E-state index contributed by atoms with van der Waals surface area (Å²) in [6, 6.07) is 21.3. The van der Waals surface area contributed by atoms with Gasteiger partial charge in [-0.25, -0.2) is 13.4 Å². The number of nitrogens with zero attached hydrogens (tertiary/aromatic N) is 1. The lowest BCUT2D eigenvalue weighted by Crippen LogP contribution is -2.13. The highest BCUT2D eigenvalue weighted by atomic mass is 32.2. The topological polar surface area (TPSA) is 81.4 Å². The van der Waals surface area contributed by atoms with Crippen LogP contribution in [0.4, 0.5) is 5.69 Å². The maximum absolute atomic E-state index is 12.8. The number of oxazole rings is 1. The van der Waals surface area contributed by atoms with E-state index in [9.17, 15) is 8.42 Å². The Hall–Kier alpha value is -3.58. The lowest BCUT2D eigenvalue weighted by atomic mass is 10.2. The van der Waals surface area contributed by atoms with Crippen LogP contribution in [-0.4, -0.2) is 20.5 Å². The Balaban J connectivity index is 1.58. The monoisotopic (exact) mass is 420 g/mol. The minimum absolute atomic E-state index is 0.129. The molecule has 1 N–H and O–H groups in total. The summed E-state index contributed by atoms with van der Waals surface area (Å²) in [5.74, 6) is 1.52. The molecule has 0 unspecified atom stereocenters. The number of aromatic nitrogens is 1. The molecule has 0 aliphatic rings. The molecule has 0 amide bonds. The molecule has 0 radical (unpaired) electrons. The van der Waals surface area contributed by atoms with Gasteiger partial charge in [0.1, 0.15) is 5.75 Å². The van der Waals surface area contributed by atoms with Crippen LogP contribution in [0.5, 0.6) is 5.75 Å². The highest BCUT2D eigenvalue weighted by Gasteiger charge is 2.17. The first kappa shape index (κ1) is 19.7. The molecule has 30 heavy (non-hydrogen) atoms. The van der Waals surface area contributed by atoms with Crippen LogP contribution in [0.1, 0.15) is 5.56 Å². The first-order chi connectivity index (χ1) is 14.5. The van der Waals surface area contributed by atoms with E-state index in [-0.39, 0.29) is 4.90 Å². The average Bonchev–Trinajstić information content (AvgIpc) is 3.25. The van der Waals surface area contributed by atoms with Gasteiger partial charge in [0.05, 0.1) is 23.9 Å². The van der Waals surface area contributed by atoms with Gasteiger partial charge >= 0.3 is 0 Å². The molecule has 4 rings (SSSR count). The standard InChI is InChI=1S/C23H20N2O4S/c1-16-8-13-21(28-2)20(14-16)25-30(26,27)19-11-9-18(10-12-19)23-24-15-22(29-23)17-6-4-3-5-7-17/h3-15,25H,1-2H3. The third kappa shape index (κ3) is 4.06. The van der Waals surface area contributed by atoms with Gasteiger partial charge in [-0.05, 0) is 48.9 Å². The minimum Gasteiger partial charge on any atom is -0.495 e. The minimum atomic E-state index is -3.78. The molecule has 3 aromatic carbocycles. The number of ether oxygens (including phenoxy) is 1. The Kier molecular flexibility index (Phi) is 5.29. The summed E-state index contributed by atoms with van der Waals surface area (Å²) in [6.45, 7) is 1.88. The molecule has 0 fully saturated rings. The van der Waals surface area contributed by atoms with Gasteiger partial charge in [0.2, 0.25) is 5.89 Å². The number of rotatable bonds is 6. The lowest BCUT2D eigenvalue weighted by Gasteiger charge is -2.12. The van der Waals surface area contributed by atoms with E-state index in [0.717, 1.165) is 11.1 Å². The molecule has 0 spiro atoms. The van der Waals surface area contributed by atoms with Crippen LogP contribution in [0.2, 0.25) is 0 Å². The zero-order valence-corrected chi connectivity index (χ0v) is 17.3. The predicted octanol–water partition coefficient (Wildman–Crippen LogP) is 5.13. The number of methoxy groups -OCH3 is 1. The number of hydrogen-bond acceptors (Lipinski definition) is 5. The van der Waals surface area contributed by atoms with Crippen LogP contribution in [0, 0.1) is 6.92 Å². The van der Waals surface area contributed by atoms with Crippen LogP contribution in [0.25, 0.3) is 22.8 Å². The number of nitrogens with one attached hydrogen (secondary N) is 1. The summed E-state index contributed by atoms with van der Waals surface area (Å²) in [4.78, 5) is 4.44. The summed E-state index contributed by atoms with van der Waals surface area (Å²) in [5.41, 5.74) is 2.92. The van der Waals surface area contributed by atoms with E-state index < -0.39 is 10.0 Å². The van der Waals surface area contributed by atoms with Crippen LogP contribution in [0.3, 0.4) is 0 Å². The van der Waals surface area contributed by atoms with Crippen LogP contribution in [-0.2, 0) is 10.0 Å². The maximum Gasteiger partial charge on any atom is 0.262 e. The van der Waals surface area contributed by atoms with Crippen molar-refractivity contribution in [1.29, 1.82) is 0 Å². The molecule has 1 aromatic heterocycles. The van der Waals surface area contributed by atoms with Gasteiger partial charge < -0.3 is 9.15 Å². The average molecular weight is 420 g/mol. The Morgan fingerprint density at radius 2 is 1.67 bits per heavy atom. The fourth-order valence-electron chi connectivity index (χ4n) is 3.03. The molecule has 4 aromatic rings. The van der Waals surface area contributed by atoms with Crippen molar-refractivity contribution in [3.8, 4) is 28.5 Å². The van der Waals surface area contributed by atoms with Gasteiger partial charge in [0.15, 0.2) is 5.76 Å². The molecule has 0 aliphatic heterocycles. The Morgan fingerprint density at radius 3 is 2.37 bits per heavy atom. The predicted molar refractivity (Wildman–Crippen MR) is 116 cm³/mol. The first-order valence-corrected chi connectivity index (χ1v) is 10.7. The van der Waals surface area contributed by atoms with Crippen molar-refractivity contribution in [2.24, 2.45) is 0 Å². The highest BCUT2D eigenvalue weighted by molar-refractivity contribution is 7.92. The van der Waals surface area contributed by atoms with E-state index in [2.05, 4.69) is 9.71 Å². The second-order valence-corrected chi connectivity index (χ2v) is 8.41. The summed E-state index contributed by atoms with van der Waals surface area (Å²) in [6.07, 6.45) is 1.65. The van der Waals surface area contributed by atoms with Gasteiger partial charge in [-0.3, -0.25) is 4.72 Å². The van der Waals surface area contributed by atoms with Crippen molar-refractivity contribution in [2.45, 2.75) is 11.8 Å². The molecule has 0 aliphatic carbocycles. The fraction of sp³-hybridized carbons (Fsp3) is 0.0870. The van der Waals surface area contributed by atoms with Gasteiger partial charge in [0, 0.05) is 11.1 Å². The zero-order chi connectivity index (χ0) is 21.1. The largest absolute Gasteiger partial charge is 0.495 e. The third-order valence-corrected chi connectivity index (χ3v) is 5.96. The molecule has 152 valence electrons. The quantitative estimate of drug-likeness (QED) is 0.468. The molecular formula is C23H20N2O4S. The Labute approximate surface area is 175 Å². The SMILES string of the molecule is COc1ccc(C)cc1NS(=O)(=O)c1ccc(-c2ncc(-c3ccccc3)o2)cc1. The summed E-state index contributed by atoms with van der Waals surface area (Å²) >= 11 is 0. The Bertz CT molecular complexity index is 1260. The van der Waals surface area contributed by atoms with Crippen molar-refractivity contribution in [3.63, 3.8) is 0 Å². The smallest absolute Gasteiger partial charge is 0.262 e. The molecule has 0 saturated heterocycles. The van der Waals surface area contributed by atoms with Crippen LogP contribution < -0.4 is 9.46 Å². The number of aryl methyl sites for hydroxylation is 1. The highest BCUT2D eigenvalue weighted by Crippen LogP contribution is 2.29. The van der Waals surface area contributed by atoms with Gasteiger partial charge in [-0.2, -0.15) is 0 Å². The molecular weight excluding hydrogens is 400 g/mol. The van der Waals surface area contributed by atoms with E-state index in [1.807, 2.05) is 43.3 Å². The molecule has 7 heteroatoms. The van der Waals surface area contributed by atoms with E-state index in [1.54, 1.807) is 30.5 Å². The number of anilines is 1. The second-order valence-electron chi connectivity index (χ2n) is 6.73. The van der Waals surface area contributed by atoms with Crippen molar-refractivity contribution < 1.29 is 17.6 Å². The zero-order valence-electron chi connectivity index (χ0n) is 16.5. The lowest BCUT2D eigenvalue weighted by molar-refractivity contribution is 0.417. The van der Waals surface area contributed by atoms with Crippen LogP contribution in [0.15, 0.2) is 88.3 Å². The van der Waals surface area contributed by atoms with Crippen molar-refractivity contribution in [1.82, 2.24) is 4.98 Å². The van der Waals surface area contributed by atoms with E-state index in [4.69, 9.17) is 9.15 Å². The van der Waals surface area contributed by atoms with E-state index in [0.29, 0.717) is 28.7 Å². The van der Waals surface area contributed by atoms with E-state index in [1.165, 1.54) is 19.2 Å². The number of benzene rings is 3. The third-order valence-electron chi connectivity index (χ3n) is 4.57. The molecule has 0 saturated carbocycles. The van der Waals surface area contributed by atoms with Gasteiger partial charge in [0.25, 0.3) is 10.0 Å². The van der Waals surface area contributed by atoms with E-state index >= 15 is 0 Å². The molecule has 0 bridgehead atoms. The summed E-state index contributed by atoms with van der Waals surface area (Å²) < 4.78 is 39.3. The Morgan fingerprint density at radius 1 is 0.933 bits per heavy atom. The molecule has 6 nitrogen and oxygen atoms in total. The number of hydrogen-bond donors (Lipinski definition) is 1. The van der Waals surface area contributed by atoms with Crippen molar-refractivity contribution >= 4 is 15.7 Å². The van der Waals surface area contributed by atoms with Gasteiger partial charge in [-0.15, -0.1) is 0 Å². The summed E-state index contributed by atoms with van der Waals surface area (Å²) in [7, 11) is -2.28. The first-order valence-electron chi connectivity index (χ1n) is 9.25. The normalized spacial score (nSPS) is 11.3. The van der Waals surface area contributed by atoms with Crippen LogP contribution >= 0.6 is 0 Å². The van der Waals surface area contributed by atoms with Crippen molar-refractivity contribution in [3.05, 3.63) is 84.6 Å². The van der Waals surface area contributed by atoms with Crippen molar-refractivity contribution in [2.75, 3.05) is 11.8 Å². The molecule has 1 heterocycles. The summed E-state index contributed by atoms with van der Waals surface area (Å²) in [5, 5.41) is 0. The number of sulfonamides is 1.